The summed E-state index contributed by atoms with van der Waals surface area (Å²) < 4.78 is 0. The third kappa shape index (κ3) is 3.26. The summed E-state index contributed by atoms with van der Waals surface area (Å²) in [7, 11) is 0. The van der Waals surface area contributed by atoms with Gasteiger partial charge in [-0.25, -0.2) is 4.79 Å². The second-order valence-corrected chi connectivity index (χ2v) is 7.58. The lowest BCUT2D eigenvalue weighted by Crippen LogP contribution is -2.52. The van der Waals surface area contributed by atoms with Crippen LogP contribution in [0.5, 0.6) is 0 Å². The van der Waals surface area contributed by atoms with Gasteiger partial charge in [-0.15, -0.1) is 0 Å². The van der Waals surface area contributed by atoms with Crippen LogP contribution in [0.2, 0.25) is 0 Å². The highest BCUT2D eigenvalue weighted by molar-refractivity contribution is 6.08. The molecule has 3 aliphatic heterocycles. The van der Waals surface area contributed by atoms with Crippen molar-refractivity contribution < 1.29 is 29.1 Å². The number of benzene rings is 1. The molecule has 0 radical (unpaired) electrons. The molecule has 2 atom stereocenters. The molecule has 4 rings (SSSR count). The van der Waals surface area contributed by atoms with Gasteiger partial charge in [-0.05, 0) is 43.4 Å². The molecule has 2 fully saturated rings. The van der Waals surface area contributed by atoms with Gasteiger partial charge >= 0.3 is 5.97 Å². The number of carbonyl (C=O) groups is 5. The van der Waals surface area contributed by atoms with Crippen LogP contribution in [0.15, 0.2) is 18.2 Å². The van der Waals surface area contributed by atoms with Gasteiger partial charge in [0, 0.05) is 30.6 Å². The number of hydrogen-bond acceptors (Lipinski definition) is 5. The van der Waals surface area contributed by atoms with Crippen molar-refractivity contribution in [1.82, 2.24) is 15.1 Å². The van der Waals surface area contributed by atoms with Crippen molar-refractivity contribution in [3.63, 3.8) is 0 Å². The van der Waals surface area contributed by atoms with E-state index in [0.29, 0.717) is 29.7 Å². The predicted molar refractivity (Wildman–Crippen MR) is 98.8 cm³/mol. The highest BCUT2D eigenvalue weighted by Gasteiger charge is 2.41. The van der Waals surface area contributed by atoms with E-state index in [-0.39, 0.29) is 31.2 Å². The lowest BCUT2D eigenvalue weighted by Gasteiger charge is -2.33. The SMILES string of the molecule is O=C1CCC(N2Cc3c(C(=O)N4CCCCC4C(=O)O)cccc3C2=O)C(=O)N1. The number of fused-ring (bicyclic) bond motifs is 1. The highest BCUT2D eigenvalue weighted by Crippen LogP contribution is 2.31. The Morgan fingerprint density at radius 3 is 2.62 bits per heavy atom. The molecule has 1 aromatic carbocycles. The number of nitrogens with one attached hydrogen (secondary N) is 1. The van der Waals surface area contributed by atoms with Crippen molar-refractivity contribution >= 4 is 29.6 Å². The fourth-order valence-electron chi connectivity index (χ4n) is 4.37. The predicted octanol–water partition coefficient (Wildman–Crippen LogP) is 0.527. The summed E-state index contributed by atoms with van der Waals surface area (Å²) in [6.45, 7) is 0.429. The maximum atomic E-state index is 13.2. The van der Waals surface area contributed by atoms with E-state index in [4.69, 9.17) is 0 Å². The maximum Gasteiger partial charge on any atom is 0.326 e. The minimum Gasteiger partial charge on any atom is -0.480 e. The Kier molecular flexibility index (Phi) is 4.81. The van der Waals surface area contributed by atoms with E-state index in [1.165, 1.54) is 9.80 Å². The van der Waals surface area contributed by atoms with Crippen LogP contribution in [0.4, 0.5) is 0 Å². The molecular weight excluding hydrogens is 378 g/mol. The quantitative estimate of drug-likeness (QED) is 0.715. The van der Waals surface area contributed by atoms with Crippen molar-refractivity contribution in [3.05, 3.63) is 34.9 Å². The molecule has 2 unspecified atom stereocenters. The first-order valence-electron chi connectivity index (χ1n) is 9.69. The molecular formula is C20H21N3O6. The average molecular weight is 399 g/mol. The number of carboxylic acids is 1. The third-order valence-electron chi connectivity index (χ3n) is 5.86. The fraction of sp³-hybridized carbons (Fsp3) is 0.450. The van der Waals surface area contributed by atoms with Gasteiger partial charge in [-0.3, -0.25) is 24.5 Å². The number of hydrogen-bond donors (Lipinski definition) is 2. The number of amides is 4. The van der Waals surface area contributed by atoms with Crippen LogP contribution >= 0.6 is 0 Å². The Hall–Kier alpha value is -3.23. The van der Waals surface area contributed by atoms with Crippen molar-refractivity contribution in [1.29, 1.82) is 0 Å². The van der Waals surface area contributed by atoms with Crippen LogP contribution in [-0.2, 0) is 20.9 Å². The zero-order valence-electron chi connectivity index (χ0n) is 15.7. The van der Waals surface area contributed by atoms with E-state index in [9.17, 15) is 29.1 Å². The second-order valence-electron chi connectivity index (χ2n) is 7.58. The normalized spacial score (nSPS) is 24.3. The van der Waals surface area contributed by atoms with Crippen molar-refractivity contribution in [2.45, 2.75) is 50.7 Å². The average Bonchev–Trinajstić information content (AvgIpc) is 3.04. The molecule has 0 aliphatic carbocycles. The maximum absolute atomic E-state index is 13.2. The third-order valence-corrected chi connectivity index (χ3v) is 5.86. The Bertz CT molecular complexity index is 927. The molecule has 29 heavy (non-hydrogen) atoms. The molecule has 0 aromatic heterocycles. The number of aliphatic carboxylic acids is 1. The molecule has 3 heterocycles. The molecule has 9 heteroatoms. The zero-order chi connectivity index (χ0) is 20.7. The van der Waals surface area contributed by atoms with Crippen LogP contribution in [0.25, 0.3) is 0 Å². The molecule has 0 saturated carbocycles. The Labute approximate surface area is 166 Å². The lowest BCUT2D eigenvalue weighted by molar-refractivity contribution is -0.143. The van der Waals surface area contributed by atoms with Crippen LogP contribution in [0.1, 0.15) is 58.4 Å². The van der Waals surface area contributed by atoms with E-state index in [1.807, 2.05) is 0 Å². The molecule has 2 N–H and O–H groups in total. The summed E-state index contributed by atoms with van der Waals surface area (Å²) in [6, 6.07) is 3.14. The van der Waals surface area contributed by atoms with Gasteiger partial charge in [0.15, 0.2) is 0 Å². The Balaban J connectivity index is 1.63. The molecule has 0 spiro atoms. The Morgan fingerprint density at radius 2 is 1.90 bits per heavy atom. The van der Waals surface area contributed by atoms with E-state index in [2.05, 4.69) is 5.32 Å². The number of carbonyl (C=O) groups excluding carboxylic acids is 4. The summed E-state index contributed by atoms with van der Waals surface area (Å²) in [5, 5.41) is 11.7. The molecule has 152 valence electrons. The summed E-state index contributed by atoms with van der Waals surface area (Å²) in [5.74, 6) is -2.69. The number of piperidine rings is 2. The largest absolute Gasteiger partial charge is 0.480 e. The number of nitrogens with zero attached hydrogens (tertiary/aromatic N) is 2. The monoisotopic (exact) mass is 399 g/mol. The van der Waals surface area contributed by atoms with Gasteiger partial charge in [-0.1, -0.05) is 6.07 Å². The highest BCUT2D eigenvalue weighted by atomic mass is 16.4. The number of carboxylic acid groups (broad SMARTS) is 1. The Morgan fingerprint density at radius 1 is 1.10 bits per heavy atom. The van der Waals surface area contributed by atoms with Crippen LogP contribution in [-0.4, -0.2) is 63.1 Å². The first kappa shape index (κ1) is 19.1. The van der Waals surface area contributed by atoms with Gasteiger partial charge in [-0.2, -0.15) is 0 Å². The van der Waals surface area contributed by atoms with Gasteiger partial charge < -0.3 is 14.9 Å². The zero-order valence-corrected chi connectivity index (χ0v) is 15.7. The second kappa shape index (κ2) is 7.31. The fourth-order valence-corrected chi connectivity index (χ4v) is 4.37. The number of imide groups is 1. The summed E-state index contributed by atoms with van der Waals surface area (Å²) >= 11 is 0. The molecule has 1 aromatic rings. The van der Waals surface area contributed by atoms with Crippen molar-refractivity contribution in [2.75, 3.05) is 6.54 Å². The van der Waals surface area contributed by atoms with E-state index in [0.717, 1.165) is 12.8 Å². The van der Waals surface area contributed by atoms with E-state index >= 15 is 0 Å². The van der Waals surface area contributed by atoms with Crippen LogP contribution < -0.4 is 5.32 Å². The molecule has 2 saturated heterocycles. The van der Waals surface area contributed by atoms with Gasteiger partial charge in [0.1, 0.15) is 12.1 Å². The summed E-state index contributed by atoms with van der Waals surface area (Å²) in [6.07, 6.45) is 2.26. The minimum atomic E-state index is -1.04. The lowest BCUT2D eigenvalue weighted by atomic mass is 9.98. The van der Waals surface area contributed by atoms with Crippen molar-refractivity contribution in [3.8, 4) is 0 Å². The van der Waals surface area contributed by atoms with Gasteiger partial charge in [0.2, 0.25) is 11.8 Å². The first-order valence-corrected chi connectivity index (χ1v) is 9.69. The van der Waals surface area contributed by atoms with E-state index in [1.54, 1.807) is 18.2 Å². The molecule has 3 aliphatic rings. The van der Waals surface area contributed by atoms with Gasteiger partial charge in [0.05, 0.1) is 0 Å². The molecule has 4 amide bonds. The first-order chi connectivity index (χ1) is 13.9. The summed E-state index contributed by atoms with van der Waals surface area (Å²) in [5.41, 5.74) is 1.13. The smallest absolute Gasteiger partial charge is 0.326 e. The minimum absolute atomic E-state index is 0.0773. The van der Waals surface area contributed by atoms with Crippen LogP contribution in [0, 0.1) is 0 Å². The number of likely N-dealkylation sites (tertiary alicyclic amines) is 1. The topological polar surface area (TPSA) is 124 Å². The summed E-state index contributed by atoms with van der Waals surface area (Å²) in [4.78, 5) is 64.0. The van der Waals surface area contributed by atoms with Gasteiger partial charge in [0.25, 0.3) is 11.8 Å². The van der Waals surface area contributed by atoms with E-state index < -0.39 is 29.9 Å². The molecule has 9 nitrogen and oxygen atoms in total. The number of rotatable bonds is 3. The van der Waals surface area contributed by atoms with Crippen molar-refractivity contribution in [2.24, 2.45) is 0 Å². The molecule has 0 bridgehead atoms. The van der Waals surface area contributed by atoms with Crippen LogP contribution in [0.3, 0.4) is 0 Å². The standard InChI is InChI=1S/C20H21N3O6/c24-16-8-7-14(17(25)21-16)23-10-13-11(4-3-5-12(13)19(23)27)18(26)22-9-2-1-6-15(22)20(28)29/h3-5,14-15H,1-2,6-10H2,(H,28,29)(H,21,24,25).